The van der Waals surface area contributed by atoms with Crippen molar-refractivity contribution in [3.05, 3.63) is 56.2 Å². The zero-order chi connectivity index (χ0) is 22.1. The molecule has 2 aromatic carbocycles. The number of amides is 1. The molecule has 0 atom stereocenters. The molecular formula is C22H25IN2O5. The molecule has 0 aliphatic rings. The number of halogens is 1. The molecular weight excluding hydrogens is 499 g/mol. The predicted molar refractivity (Wildman–Crippen MR) is 123 cm³/mol. The first-order valence-electron chi connectivity index (χ1n) is 9.38. The molecule has 0 spiro atoms. The van der Waals surface area contributed by atoms with Crippen LogP contribution in [0, 0.1) is 17.4 Å². The number of benzene rings is 2. The lowest BCUT2D eigenvalue weighted by Gasteiger charge is -2.14. The average Bonchev–Trinajstić information content (AvgIpc) is 2.69. The van der Waals surface area contributed by atoms with Crippen LogP contribution in [0.15, 0.2) is 35.4 Å². The Labute approximate surface area is 189 Å². The van der Waals surface area contributed by atoms with E-state index in [1.807, 2.05) is 45.0 Å². The molecule has 0 radical (unpaired) electrons. The van der Waals surface area contributed by atoms with Crippen LogP contribution < -0.4 is 14.9 Å². The van der Waals surface area contributed by atoms with Crippen molar-refractivity contribution in [3.8, 4) is 11.5 Å². The molecule has 0 aromatic heterocycles. The molecule has 30 heavy (non-hydrogen) atoms. The molecule has 7 nitrogen and oxygen atoms in total. The van der Waals surface area contributed by atoms with Gasteiger partial charge < -0.3 is 14.2 Å². The van der Waals surface area contributed by atoms with Crippen LogP contribution in [0.4, 0.5) is 0 Å². The Morgan fingerprint density at radius 3 is 2.60 bits per heavy atom. The molecule has 0 bridgehead atoms. The van der Waals surface area contributed by atoms with Crippen molar-refractivity contribution >= 4 is 40.7 Å². The second-order valence-corrected chi connectivity index (χ2v) is 7.69. The zero-order valence-electron chi connectivity index (χ0n) is 17.5. The van der Waals surface area contributed by atoms with Crippen molar-refractivity contribution < 1.29 is 23.8 Å². The maximum atomic E-state index is 12.2. The van der Waals surface area contributed by atoms with E-state index in [0.29, 0.717) is 18.1 Å². The maximum absolute atomic E-state index is 12.2. The molecule has 0 unspecified atom stereocenters. The summed E-state index contributed by atoms with van der Waals surface area (Å²) in [5.41, 5.74) is 6.48. The van der Waals surface area contributed by atoms with Gasteiger partial charge in [0.1, 0.15) is 0 Å². The number of hydrazone groups is 1. The highest BCUT2D eigenvalue weighted by Crippen LogP contribution is 2.34. The molecule has 8 heteroatoms. The summed E-state index contributed by atoms with van der Waals surface area (Å²) in [4.78, 5) is 23.5. The van der Waals surface area contributed by atoms with Gasteiger partial charge in [-0.1, -0.05) is 23.8 Å². The van der Waals surface area contributed by atoms with Gasteiger partial charge >= 0.3 is 5.97 Å². The highest BCUT2D eigenvalue weighted by atomic mass is 127. The molecule has 0 heterocycles. The molecule has 1 amide bonds. The molecule has 160 valence electrons. The van der Waals surface area contributed by atoms with E-state index < -0.39 is 5.97 Å². The van der Waals surface area contributed by atoms with Gasteiger partial charge in [0.05, 0.1) is 29.9 Å². The molecule has 0 saturated carbocycles. The Bertz CT molecular complexity index is 943. The average molecular weight is 524 g/mol. The third kappa shape index (κ3) is 7.01. The number of carbonyl (C=O) groups is 2. The van der Waals surface area contributed by atoms with Gasteiger partial charge in [0.25, 0.3) is 0 Å². The quantitative estimate of drug-likeness (QED) is 0.235. The van der Waals surface area contributed by atoms with Crippen molar-refractivity contribution in [1.82, 2.24) is 5.43 Å². The number of nitrogens with one attached hydrogen (secondary N) is 1. The van der Waals surface area contributed by atoms with Gasteiger partial charge in [-0.15, -0.1) is 0 Å². The van der Waals surface area contributed by atoms with Crippen molar-refractivity contribution in [3.63, 3.8) is 0 Å². The highest BCUT2D eigenvalue weighted by Gasteiger charge is 2.14. The third-order valence-corrected chi connectivity index (χ3v) is 4.95. The standard InChI is InChI=1S/C22H25IN2O5/c1-5-29-19-10-16(9-18(23)22(19)30-13-21(27)28-4)12-24-25-20(26)11-17-7-6-14(2)8-15(17)3/h6-10,12H,5,11,13H2,1-4H3,(H,25,26)/b24-12+. The fraction of sp³-hybridized carbons (Fsp3) is 0.318. The van der Waals surface area contributed by atoms with E-state index in [2.05, 4.69) is 37.9 Å². The number of carbonyl (C=O) groups excluding carboxylic acids is 2. The smallest absolute Gasteiger partial charge is 0.343 e. The van der Waals surface area contributed by atoms with Crippen molar-refractivity contribution in [2.45, 2.75) is 27.2 Å². The van der Waals surface area contributed by atoms with Gasteiger partial charge in [-0.2, -0.15) is 5.10 Å². The number of hydrogen-bond acceptors (Lipinski definition) is 6. The molecule has 0 aliphatic heterocycles. The lowest BCUT2D eigenvalue weighted by Crippen LogP contribution is -2.20. The zero-order valence-corrected chi connectivity index (χ0v) is 19.6. The van der Waals surface area contributed by atoms with Crippen LogP contribution in [-0.2, 0) is 20.7 Å². The molecule has 1 N–H and O–H groups in total. The van der Waals surface area contributed by atoms with Crippen molar-refractivity contribution in [2.24, 2.45) is 5.10 Å². The summed E-state index contributed by atoms with van der Waals surface area (Å²) < 4.78 is 16.5. The van der Waals surface area contributed by atoms with Gasteiger partial charge in [0, 0.05) is 0 Å². The number of aryl methyl sites for hydroxylation is 2. The van der Waals surface area contributed by atoms with Gasteiger partial charge in [-0.05, 0) is 72.2 Å². The summed E-state index contributed by atoms with van der Waals surface area (Å²) >= 11 is 2.09. The molecule has 2 aromatic rings. The minimum Gasteiger partial charge on any atom is -0.490 e. The highest BCUT2D eigenvalue weighted by molar-refractivity contribution is 14.1. The topological polar surface area (TPSA) is 86.2 Å². The van der Waals surface area contributed by atoms with E-state index in [0.717, 1.165) is 25.8 Å². The van der Waals surface area contributed by atoms with E-state index in [1.54, 1.807) is 6.07 Å². The number of rotatable bonds is 9. The minimum atomic E-state index is -0.481. The first-order chi connectivity index (χ1) is 14.3. The Kier molecular flexibility index (Phi) is 9.10. The summed E-state index contributed by atoms with van der Waals surface area (Å²) in [6.45, 7) is 6.07. The van der Waals surface area contributed by atoms with E-state index in [1.165, 1.54) is 13.3 Å². The number of nitrogens with zero attached hydrogens (tertiary/aromatic N) is 1. The van der Waals surface area contributed by atoms with Crippen LogP contribution in [0.3, 0.4) is 0 Å². The summed E-state index contributed by atoms with van der Waals surface area (Å²) in [6.07, 6.45) is 1.79. The van der Waals surface area contributed by atoms with Gasteiger partial charge in [-0.3, -0.25) is 4.79 Å². The van der Waals surface area contributed by atoms with Crippen molar-refractivity contribution in [2.75, 3.05) is 20.3 Å². The molecule has 0 saturated heterocycles. The molecule has 0 aliphatic carbocycles. The molecule has 0 fully saturated rings. The Balaban J connectivity index is 2.06. The van der Waals surface area contributed by atoms with Crippen LogP contribution >= 0.6 is 22.6 Å². The second kappa shape index (κ2) is 11.5. The largest absolute Gasteiger partial charge is 0.490 e. The van der Waals surface area contributed by atoms with E-state index in [4.69, 9.17) is 9.47 Å². The first kappa shape index (κ1) is 23.7. The van der Waals surface area contributed by atoms with E-state index in [-0.39, 0.29) is 18.9 Å². The monoisotopic (exact) mass is 524 g/mol. The number of esters is 1. The maximum Gasteiger partial charge on any atom is 0.343 e. The summed E-state index contributed by atoms with van der Waals surface area (Å²) in [5, 5.41) is 4.05. The fourth-order valence-corrected chi connectivity index (χ4v) is 3.47. The van der Waals surface area contributed by atoms with Gasteiger partial charge in [-0.25, -0.2) is 10.2 Å². The second-order valence-electron chi connectivity index (χ2n) is 6.53. The van der Waals surface area contributed by atoms with Gasteiger partial charge in [0.2, 0.25) is 5.91 Å². The normalized spacial score (nSPS) is 10.7. The Morgan fingerprint density at radius 2 is 1.93 bits per heavy atom. The summed E-state index contributed by atoms with van der Waals surface area (Å²) in [7, 11) is 1.30. The Hall–Kier alpha value is -2.62. The van der Waals surface area contributed by atoms with E-state index in [9.17, 15) is 9.59 Å². The predicted octanol–water partition coefficient (Wildman–Crippen LogP) is 3.55. The summed E-state index contributed by atoms with van der Waals surface area (Å²) in [5.74, 6) is 0.261. The SMILES string of the molecule is CCOc1cc(/C=N/NC(=O)Cc2ccc(C)cc2C)cc(I)c1OCC(=O)OC. The lowest BCUT2D eigenvalue weighted by atomic mass is 10.0. The fourth-order valence-electron chi connectivity index (χ4n) is 2.69. The first-order valence-corrected chi connectivity index (χ1v) is 10.5. The van der Waals surface area contributed by atoms with E-state index >= 15 is 0 Å². The van der Waals surface area contributed by atoms with Gasteiger partial charge in [0.15, 0.2) is 18.1 Å². The number of methoxy groups -OCH3 is 1. The van der Waals surface area contributed by atoms with Crippen LogP contribution in [-0.4, -0.2) is 38.4 Å². The number of ether oxygens (including phenoxy) is 3. The lowest BCUT2D eigenvalue weighted by molar-refractivity contribution is -0.143. The van der Waals surface area contributed by atoms with Crippen LogP contribution in [0.25, 0.3) is 0 Å². The van der Waals surface area contributed by atoms with Crippen molar-refractivity contribution in [1.29, 1.82) is 0 Å². The summed E-state index contributed by atoms with van der Waals surface area (Å²) in [6, 6.07) is 9.54. The van der Waals surface area contributed by atoms with Crippen LogP contribution in [0.1, 0.15) is 29.2 Å². The molecule has 2 rings (SSSR count). The van der Waals surface area contributed by atoms with Crippen LogP contribution in [0.2, 0.25) is 0 Å². The van der Waals surface area contributed by atoms with Crippen LogP contribution in [0.5, 0.6) is 11.5 Å². The minimum absolute atomic E-state index is 0.198. The number of hydrogen-bond donors (Lipinski definition) is 1. The third-order valence-electron chi connectivity index (χ3n) is 4.15. The Morgan fingerprint density at radius 1 is 1.17 bits per heavy atom.